The van der Waals surface area contributed by atoms with Crippen molar-refractivity contribution >= 4 is 0 Å². The van der Waals surface area contributed by atoms with Gasteiger partial charge in [0.05, 0.1) is 6.42 Å². The summed E-state index contributed by atoms with van der Waals surface area (Å²) in [5.41, 5.74) is 6.14. The molecule has 2 nitrogen and oxygen atoms in total. The van der Waals surface area contributed by atoms with E-state index in [2.05, 4.69) is 0 Å². The van der Waals surface area contributed by atoms with Crippen molar-refractivity contribution in [2.75, 3.05) is 20.1 Å². The van der Waals surface area contributed by atoms with E-state index in [1.807, 2.05) is 0 Å². The predicted octanol–water partition coefficient (Wildman–Crippen LogP) is 2.71. The third-order valence-corrected chi connectivity index (χ3v) is 2.74. The van der Waals surface area contributed by atoms with E-state index >= 15 is 0 Å². The highest BCUT2D eigenvalue weighted by molar-refractivity contribution is 5.20. The molecule has 0 spiro atoms. The Morgan fingerprint density at radius 1 is 1.33 bits per heavy atom. The Hall–Kier alpha value is -1.14. The molecule has 0 saturated heterocycles. The van der Waals surface area contributed by atoms with Crippen LogP contribution in [0.15, 0.2) is 24.3 Å². The minimum atomic E-state index is -4.20. The lowest BCUT2D eigenvalue weighted by molar-refractivity contribution is -0.138. The summed E-state index contributed by atoms with van der Waals surface area (Å²) in [5, 5.41) is 0. The molecule has 0 aliphatic rings. The maximum Gasteiger partial charge on any atom is 0.390 e. The lowest BCUT2D eigenvalue weighted by atomic mass is 10.1. The number of benzene rings is 1. The molecule has 1 rings (SSSR count). The van der Waals surface area contributed by atoms with Gasteiger partial charge in [0.15, 0.2) is 0 Å². The molecule has 1 aromatic rings. The summed E-state index contributed by atoms with van der Waals surface area (Å²) in [5.74, 6) is -0.421. The van der Waals surface area contributed by atoms with Gasteiger partial charge in [-0.3, -0.25) is 4.90 Å². The van der Waals surface area contributed by atoms with E-state index in [9.17, 15) is 17.6 Å². The van der Waals surface area contributed by atoms with Crippen molar-refractivity contribution in [3.05, 3.63) is 35.6 Å². The summed E-state index contributed by atoms with van der Waals surface area (Å²) < 4.78 is 49.5. The van der Waals surface area contributed by atoms with Crippen LogP contribution in [0.5, 0.6) is 0 Å². The molecular formula is C12H16F4N2. The molecule has 1 unspecified atom stereocenters. The second-order valence-corrected chi connectivity index (χ2v) is 4.15. The molecule has 1 aromatic carbocycles. The highest BCUT2D eigenvalue weighted by Crippen LogP contribution is 2.23. The number of nitrogens with zero attached hydrogens (tertiary/aromatic N) is 1. The monoisotopic (exact) mass is 264 g/mol. The third-order valence-electron chi connectivity index (χ3n) is 2.74. The number of halogens is 4. The van der Waals surface area contributed by atoms with Crippen LogP contribution in [0.1, 0.15) is 18.0 Å². The average Bonchev–Trinajstić information content (AvgIpc) is 2.26. The average molecular weight is 264 g/mol. The van der Waals surface area contributed by atoms with Crippen LogP contribution >= 0.6 is 0 Å². The Kier molecular flexibility index (Phi) is 5.10. The smallest absolute Gasteiger partial charge is 0.329 e. The summed E-state index contributed by atoms with van der Waals surface area (Å²) >= 11 is 0. The van der Waals surface area contributed by atoms with Gasteiger partial charge in [0.25, 0.3) is 0 Å². The maximum atomic E-state index is 13.1. The van der Waals surface area contributed by atoms with Gasteiger partial charge in [0.2, 0.25) is 0 Å². The Bertz CT molecular complexity index is 379. The van der Waals surface area contributed by atoms with Crippen molar-refractivity contribution in [1.29, 1.82) is 0 Å². The summed E-state index contributed by atoms with van der Waals surface area (Å²) in [6.07, 6.45) is -5.11. The number of rotatable bonds is 5. The van der Waals surface area contributed by atoms with Gasteiger partial charge in [-0.25, -0.2) is 4.39 Å². The van der Waals surface area contributed by atoms with Crippen LogP contribution in [0.3, 0.4) is 0 Å². The zero-order valence-corrected chi connectivity index (χ0v) is 10.0. The lowest BCUT2D eigenvalue weighted by Crippen LogP contribution is -2.33. The van der Waals surface area contributed by atoms with Gasteiger partial charge >= 0.3 is 6.18 Å². The fourth-order valence-corrected chi connectivity index (χ4v) is 1.74. The number of hydrogen-bond donors (Lipinski definition) is 1. The molecule has 0 amide bonds. The van der Waals surface area contributed by atoms with E-state index in [0.29, 0.717) is 5.56 Å². The van der Waals surface area contributed by atoms with E-state index in [1.54, 1.807) is 13.1 Å². The van der Waals surface area contributed by atoms with E-state index in [4.69, 9.17) is 5.73 Å². The van der Waals surface area contributed by atoms with Crippen molar-refractivity contribution in [1.82, 2.24) is 4.90 Å². The summed E-state index contributed by atoms with van der Waals surface area (Å²) in [6, 6.07) is 5.34. The van der Waals surface area contributed by atoms with Crippen molar-refractivity contribution in [2.24, 2.45) is 5.73 Å². The summed E-state index contributed by atoms with van der Waals surface area (Å²) in [6.45, 7) is -0.0281. The molecule has 0 fully saturated rings. The first kappa shape index (κ1) is 14.9. The summed E-state index contributed by atoms with van der Waals surface area (Å²) in [7, 11) is 1.55. The fourth-order valence-electron chi connectivity index (χ4n) is 1.74. The van der Waals surface area contributed by atoms with E-state index in [1.165, 1.54) is 23.1 Å². The molecule has 18 heavy (non-hydrogen) atoms. The van der Waals surface area contributed by atoms with Crippen LogP contribution in [0.4, 0.5) is 17.6 Å². The minimum absolute atomic E-state index is 0.137. The highest BCUT2D eigenvalue weighted by Gasteiger charge is 2.28. The Balaban J connectivity index is 2.71. The molecule has 0 heterocycles. The van der Waals surface area contributed by atoms with Crippen molar-refractivity contribution in [2.45, 2.75) is 18.6 Å². The van der Waals surface area contributed by atoms with Crippen molar-refractivity contribution in [3.63, 3.8) is 0 Å². The van der Waals surface area contributed by atoms with Crippen LogP contribution in [0, 0.1) is 5.82 Å². The molecule has 0 bridgehead atoms. The van der Waals surface area contributed by atoms with Gasteiger partial charge in [-0.1, -0.05) is 12.1 Å². The van der Waals surface area contributed by atoms with Gasteiger partial charge in [-0.05, 0) is 24.7 Å². The second kappa shape index (κ2) is 6.15. The van der Waals surface area contributed by atoms with Gasteiger partial charge < -0.3 is 5.73 Å². The predicted molar refractivity (Wildman–Crippen MR) is 61.5 cm³/mol. The van der Waals surface area contributed by atoms with E-state index in [0.717, 1.165) is 0 Å². The molecule has 0 aliphatic carbocycles. The Morgan fingerprint density at radius 3 is 2.50 bits per heavy atom. The number of nitrogens with two attached hydrogens (primary N) is 1. The molecule has 0 saturated carbocycles. The number of hydrogen-bond acceptors (Lipinski definition) is 2. The third kappa shape index (κ3) is 4.62. The van der Waals surface area contributed by atoms with Gasteiger partial charge in [-0.15, -0.1) is 0 Å². The van der Waals surface area contributed by atoms with Crippen LogP contribution < -0.4 is 5.73 Å². The summed E-state index contributed by atoms with van der Waals surface area (Å²) in [4.78, 5) is 1.49. The number of alkyl halides is 3. The molecule has 2 N–H and O–H groups in total. The zero-order chi connectivity index (χ0) is 13.8. The quantitative estimate of drug-likeness (QED) is 0.828. The molecular weight excluding hydrogens is 248 g/mol. The van der Waals surface area contributed by atoms with Crippen LogP contribution in [-0.4, -0.2) is 31.2 Å². The SMILES string of the molecule is CN(CCC(F)(F)F)C(CN)c1cccc(F)c1. The number of likely N-dealkylation sites (N-methyl/N-ethyl adjacent to an activating group) is 1. The second-order valence-electron chi connectivity index (χ2n) is 4.15. The normalized spacial score (nSPS) is 13.9. The largest absolute Gasteiger partial charge is 0.390 e. The molecule has 0 radical (unpaired) electrons. The molecule has 0 aromatic heterocycles. The first-order valence-corrected chi connectivity index (χ1v) is 5.56. The van der Waals surface area contributed by atoms with Gasteiger partial charge in [0.1, 0.15) is 5.82 Å². The molecule has 6 heteroatoms. The van der Waals surface area contributed by atoms with Gasteiger partial charge in [-0.2, -0.15) is 13.2 Å². The van der Waals surface area contributed by atoms with Gasteiger partial charge in [0, 0.05) is 19.1 Å². The first-order chi connectivity index (χ1) is 8.33. The van der Waals surface area contributed by atoms with Crippen molar-refractivity contribution in [3.8, 4) is 0 Å². The standard InChI is InChI=1S/C12H16F4N2/c1-18(6-5-12(14,15)16)11(8-17)9-3-2-4-10(13)7-9/h2-4,7,11H,5-6,8,17H2,1H3. The maximum absolute atomic E-state index is 13.1. The van der Waals surface area contributed by atoms with Crippen molar-refractivity contribution < 1.29 is 17.6 Å². The van der Waals surface area contributed by atoms with E-state index < -0.39 is 24.5 Å². The minimum Gasteiger partial charge on any atom is -0.329 e. The zero-order valence-electron chi connectivity index (χ0n) is 10.0. The lowest BCUT2D eigenvalue weighted by Gasteiger charge is -2.27. The first-order valence-electron chi connectivity index (χ1n) is 5.56. The molecule has 1 atom stereocenters. The Labute approximate surface area is 103 Å². The highest BCUT2D eigenvalue weighted by atomic mass is 19.4. The fraction of sp³-hybridized carbons (Fsp3) is 0.500. The molecule has 102 valence electrons. The molecule has 0 aliphatic heterocycles. The van der Waals surface area contributed by atoms with Crippen LogP contribution in [0.25, 0.3) is 0 Å². The van der Waals surface area contributed by atoms with Crippen LogP contribution in [0.2, 0.25) is 0 Å². The topological polar surface area (TPSA) is 29.3 Å². The van der Waals surface area contributed by atoms with Crippen LogP contribution in [-0.2, 0) is 0 Å². The Morgan fingerprint density at radius 2 is 2.00 bits per heavy atom. The van der Waals surface area contributed by atoms with E-state index in [-0.39, 0.29) is 13.1 Å².